The van der Waals surface area contributed by atoms with Crippen LogP contribution < -0.4 is 29.6 Å². The van der Waals surface area contributed by atoms with E-state index in [2.05, 4.69) is 4.74 Å². The standard InChI is InChI=1S/C8H8O6S.Na/c1-14-8(10)5-2-3-7(6(9)4-5)15(11,12)13;/h2-4,9H,1H3,(H,11,12,13);/q;+1/p-1. The SMILES string of the molecule is COC(=O)c1ccc(S(=O)(=O)[O-])c(O)c1.[Na+]. The van der Waals surface area contributed by atoms with Gasteiger partial charge in [0.15, 0.2) is 0 Å². The minimum absolute atomic E-state index is 0. The monoisotopic (exact) mass is 254 g/mol. The molecular weight excluding hydrogens is 247 g/mol. The zero-order valence-electron chi connectivity index (χ0n) is 8.63. The average molecular weight is 254 g/mol. The van der Waals surface area contributed by atoms with Crippen LogP contribution >= 0.6 is 0 Å². The maximum Gasteiger partial charge on any atom is 1.00 e. The number of benzene rings is 1. The molecule has 16 heavy (non-hydrogen) atoms. The molecule has 0 bridgehead atoms. The molecule has 0 radical (unpaired) electrons. The normalized spacial score (nSPS) is 10.4. The Labute approximate surface area is 114 Å². The van der Waals surface area contributed by atoms with Crippen LogP contribution in [-0.2, 0) is 14.9 Å². The molecule has 0 spiro atoms. The topological polar surface area (TPSA) is 104 Å². The molecule has 0 atom stereocenters. The van der Waals surface area contributed by atoms with Crippen molar-refractivity contribution in [3.05, 3.63) is 23.8 Å². The van der Waals surface area contributed by atoms with E-state index in [9.17, 15) is 22.9 Å². The molecule has 1 N–H and O–H groups in total. The van der Waals surface area contributed by atoms with Crippen molar-refractivity contribution in [3.8, 4) is 5.75 Å². The molecule has 0 aliphatic carbocycles. The Kier molecular flexibility index (Phi) is 5.43. The van der Waals surface area contributed by atoms with Gasteiger partial charge in [0, 0.05) is 0 Å². The van der Waals surface area contributed by atoms with Crippen LogP contribution in [0.4, 0.5) is 0 Å². The Balaban J connectivity index is 0.00000225. The van der Waals surface area contributed by atoms with Gasteiger partial charge in [-0.2, -0.15) is 0 Å². The average Bonchev–Trinajstić information content (AvgIpc) is 2.14. The van der Waals surface area contributed by atoms with Gasteiger partial charge in [0.1, 0.15) is 15.9 Å². The Morgan fingerprint density at radius 1 is 1.44 bits per heavy atom. The Morgan fingerprint density at radius 2 is 2.00 bits per heavy atom. The van der Waals surface area contributed by atoms with Gasteiger partial charge in [-0.25, -0.2) is 13.2 Å². The molecule has 82 valence electrons. The van der Waals surface area contributed by atoms with Crippen molar-refractivity contribution in [2.24, 2.45) is 0 Å². The minimum atomic E-state index is -4.73. The summed E-state index contributed by atoms with van der Waals surface area (Å²) in [5.41, 5.74) is -0.0394. The van der Waals surface area contributed by atoms with Gasteiger partial charge >= 0.3 is 35.5 Å². The smallest absolute Gasteiger partial charge is 0.744 e. The van der Waals surface area contributed by atoms with Gasteiger partial charge < -0.3 is 14.4 Å². The molecule has 1 rings (SSSR count). The van der Waals surface area contributed by atoms with Crippen LogP contribution in [0.1, 0.15) is 10.4 Å². The maximum absolute atomic E-state index is 11.0. The van der Waals surface area contributed by atoms with Crippen LogP contribution in [0.5, 0.6) is 5.75 Å². The summed E-state index contributed by atoms with van der Waals surface area (Å²) in [6.07, 6.45) is 0. The quantitative estimate of drug-likeness (QED) is 0.344. The van der Waals surface area contributed by atoms with E-state index in [1.807, 2.05) is 0 Å². The molecule has 8 heteroatoms. The van der Waals surface area contributed by atoms with E-state index in [-0.39, 0.29) is 35.1 Å². The van der Waals surface area contributed by atoms with Crippen molar-refractivity contribution in [1.29, 1.82) is 0 Å². The summed E-state index contributed by atoms with van der Waals surface area (Å²) in [5, 5.41) is 9.18. The van der Waals surface area contributed by atoms with Crippen molar-refractivity contribution in [1.82, 2.24) is 0 Å². The first kappa shape index (κ1) is 15.4. The van der Waals surface area contributed by atoms with Crippen molar-refractivity contribution in [2.45, 2.75) is 4.90 Å². The molecule has 6 nitrogen and oxygen atoms in total. The molecule has 0 unspecified atom stereocenters. The van der Waals surface area contributed by atoms with Crippen LogP contribution in [0, 0.1) is 0 Å². The van der Waals surface area contributed by atoms with Crippen molar-refractivity contribution >= 4 is 16.1 Å². The molecule has 0 saturated carbocycles. The van der Waals surface area contributed by atoms with E-state index >= 15 is 0 Å². The second kappa shape index (κ2) is 5.65. The Bertz CT molecular complexity index is 495. The van der Waals surface area contributed by atoms with Crippen LogP contribution in [0.3, 0.4) is 0 Å². The van der Waals surface area contributed by atoms with Crippen LogP contribution in [0.25, 0.3) is 0 Å². The molecule has 0 amide bonds. The molecule has 0 aromatic heterocycles. The van der Waals surface area contributed by atoms with Crippen LogP contribution in [0.2, 0.25) is 0 Å². The van der Waals surface area contributed by atoms with Gasteiger partial charge in [0.25, 0.3) is 0 Å². The molecule has 0 aliphatic heterocycles. The zero-order valence-corrected chi connectivity index (χ0v) is 11.4. The van der Waals surface area contributed by atoms with Gasteiger partial charge in [0.05, 0.1) is 17.6 Å². The van der Waals surface area contributed by atoms with E-state index < -0.39 is 26.7 Å². The van der Waals surface area contributed by atoms with E-state index in [1.54, 1.807) is 0 Å². The number of hydrogen-bond acceptors (Lipinski definition) is 6. The van der Waals surface area contributed by atoms with E-state index in [0.29, 0.717) is 0 Å². The molecule has 1 aromatic rings. The van der Waals surface area contributed by atoms with Gasteiger partial charge in [-0.15, -0.1) is 0 Å². The second-order valence-electron chi connectivity index (χ2n) is 2.63. The summed E-state index contributed by atoms with van der Waals surface area (Å²) >= 11 is 0. The molecule has 1 aromatic carbocycles. The van der Waals surface area contributed by atoms with Gasteiger partial charge in [-0.1, -0.05) is 0 Å². The van der Waals surface area contributed by atoms with Crippen LogP contribution in [0.15, 0.2) is 23.1 Å². The first-order valence-electron chi connectivity index (χ1n) is 3.73. The third kappa shape index (κ3) is 3.46. The number of esters is 1. The third-order valence-electron chi connectivity index (χ3n) is 1.65. The summed E-state index contributed by atoms with van der Waals surface area (Å²) in [5.74, 6) is -1.51. The van der Waals surface area contributed by atoms with Gasteiger partial charge in [-0.3, -0.25) is 0 Å². The first-order valence-corrected chi connectivity index (χ1v) is 5.14. The van der Waals surface area contributed by atoms with Gasteiger partial charge in [-0.05, 0) is 18.2 Å². The largest absolute Gasteiger partial charge is 1.00 e. The fourth-order valence-corrected chi connectivity index (χ4v) is 1.52. The summed E-state index contributed by atoms with van der Waals surface area (Å²) in [7, 11) is -3.60. The van der Waals surface area contributed by atoms with Crippen molar-refractivity contribution in [2.75, 3.05) is 7.11 Å². The van der Waals surface area contributed by atoms with Crippen molar-refractivity contribution in [3.63, 3.8) is 0 Å². The molecule has 0 fully saturated rings. The second-order valence-corrected chi connectivity index (χ2v) is 3.98. The fourth-order valence-electron chi connectivity index (χ4n) is 0.974. The Hall–Kier alpha value is -0.600. The van der Waals surface area contributed by atoms with E-state index in [4.69, 9.17) is 0 Å². The van der Waals surface area contributed by atoms with Crippen molar-refractivity contribution < 1.29 is 57.2 Å². The summed E-state index contributed by atoms with van der Waals surface area (Å²) in [6, 6.07) is 2.79. The zero-order chi connectivity index (χ0) is 11.6. The fraction of sp³-hybridized carbons (Fsp3) is 0.125. The molecule has 0 saturated heterocycles. The van der Waals surface area contributed by atoms with E-state index in [0.717, 1.165) is 25.3 Å². The molecular formula is C8H7NaO6S. The Morgan fingerprint density at radius 3 is 2.38 bits per heavy atom. The van der Waals surface area contributed by atoms with Crippen LogP contribution in [-0.4, -0.2) is 31.2 Å². The number of carbonyl (C=O) groups excluding carboxylic acids is 1. The number of hydrogen-bond donors (Lipinski definition) is 1. The molecule has 0 aliphatic rings. The predicted molar refractivity (Wildman–Crippen MR) is 47.4 cm³/mol. The number of ether oxygens (including phenoxy) is 1. The number of methoxy groups -OCH3 is 1. The number of phenolic OH excluding ortho intramolecular Hbond substituents is 1. The molecule has 0 heterocycles. The summed E-state index contributed by atoms with van der Waals surface area (Å²) < 4.78 is 36.1. The van der Waals surface area contributed by atoms with Gasteiger partial charge in [0.2, 0.25) is 0 Å². The number of phenols is 1. The number of rotatable bonds is 2. The third-order valence-corrected chi connectivity index (χ3v) is 2.53. The number of carbonyl (C=O) groups is 1. The summed E-state index contributed by atoms with van der Waals surface area (Å²) in [4.78, 5) is 10.2. The minimum Gasteiger partial charge on any atom is -0.744 e. The first-order chi connectivity index (χ1) is 6.86. The number of aromatic hydroxyl groups is 1. The van der Waals surface area contributed by atoms with E-state index in [1.165, 1.54) is 0 Å². The predicted octanol–water partition coefficient (Wildman–Crippen LogP) is -2.91. The maximum atomic E-state index is 11.0. The summed E-state index contributed by atoms with van der Waals surface area (Å²) in [6.45, 7) is 0.